The Morgan fingerprint density at radius 1 is 1.15 bits per heavy atom. The molecule has 1 heterocycles. The largest absolute Gasteiger partial charge is 0.484 e. The van der Waals surface area contributed by atoms with Gasteiger partial charge in [0.1, 0.15) is 5.75 Å². The average Bonchev–Trinajstić information content (AvgIpc) is 3.22. The number of ether oxygens (including phenoxy) is 1. The lowest BCUT2D eigenvalue weighted by molar-refractivity contribution is -0.384. The highest BCUT2D eigenvalue weighted by Crippen LogP contribution is 2.17. The number of hydrogen-bond acceptors (Lipinski definition) is 5. The molecule has 0 saturated heterocycles. The van der Waals surface area contributed by atoms with Crippen molar-refractivity contribution >= 4 is 11.6 Å². The van der Waals surface area contributed by atoms with Crippen LogP contribution in [-0.4, -0.2) is 33.8 Å². The van der Waals surface area contributed by atoms with Gasteiger partial charge in [-0.05, 0) is 42.3 Å². The molecule has 3 aromatic rings. The van der Waals surface area contributed by atoms with E-state index in [4.69, 9.17) is 4.74 Å². The van der Waals surface area contributed by atoms with Gasteiger partial charge in [-0.15, -0.1) is 0 Å². The highest BCUT2D eigenvalue weighted by atomic mass is 16.6. The molecule has 27 heavy (non-hydrogen) atoms. The van der Waals surface area contributed by atoms with Crippen molar-refractivity contribution in [2.45, 2.75) is 6.42 Å². The molecule has 1 aromatic heterocycles. The minimum Gasteiger partial charge on any atom is -0.484 e. The monoisotopic (exact) mass is 366 g/mol. The Labute approximate surface area is 155 Å². The van der Waals surface area contributed by atoms with E-state index in [9.17, 15) is 14.9 Å². The predicted octanol–water partition coefficient (Wildman–Crippen LogP) is 2.52. The number of nitro groups is 1. The van der Waals surface area contributed by atoms with Crippen molar-refractivity contribution < 1.29 is 14.5 Å². The summed E-state index contributed by atoms with van der Waals surface area (Å²) in [4.78, 5) is 21.9. The third-order valence-corrected chi connectivity index (χ3v) is 3.86. The Morgan fingerprint density at radius 3 is 2.52 bits per heavy atom. The lowest BCUT2D eigenvalue weighted by Crippen LogP contribution is -2.30. The van der Waals surface area contributed by atoms with Gasteiger partial charge in [0.05, 0.1) is 10.6 Å². The molecule has 0 atom stereocenters. The number of carbonyl (C=O) groups is 1. The molecule has 3 rings (SSSR count). The molecule has 0 fully saturated rings. The number of nitro benzene ring substituents is 1. The van der Waals surface area contributed by atoms with Gasteiger partial charge in [-0.2, -0.15) is 5.10 Å². The van der Waals surface area contributed by atoms with E-state index in [2.05, 4.69) is 10.4 Å². The quantitative estimate of drug-likeness (QED) is 0.488. The molecular weight excluding hydrogens is 348 g/mol. The van der Waals surface area contributed by atoms with Crippen LogP contribution in [0.5, 0.6) is 5.75 Å². The van der Waals surface area contributed by atoms with Gasteiger partial charge in [0.25, 0.3) is 11.6 Å². The number of rotatable bonds is 8. The first kappa shape index (κ1) is 18.1. The fourth-order valence-corrected chi connectivity index (χ4v) is 2.45. The van der Waals surface area contributed by atoms with E-state index in [-0.39, 0.29) is 18.2 Å². The smallest absolute Gasteiger partial charge is 0.269 e. The van der Waals surface area contributed by atoms with Gasteiger partial charge in [0.15, 0.2) is 6.61 Å². The van der Waals surface area contributed by atoms with Gasteiger partial charge in [0.2, 0.25) is 0 Å². The molecule has 8 nitrogen and oxygen atoms in total. The average molecular weight is 366 g/mol. The second-order valence-corrected chi connectivity index (χ2v) is 5.76. The molecule has 138 valence electrons. The third-order valence-electron chi connectivity index (χ3n) is 3.86. The zero-order valence-corrected chi connectivity index (χ0v) is 14.4. The van der Waals surface area contributed by atoms with E-state index in [1.165, 1.54) is 24.3 Å². The summed E-state index contributed by atoms with van der Waals surface area (Å²) < 4.78 is 7.10. The van der Waals surface area contributed by atoms with Crippen LogP contribution in [0.2, 0.25) is 0 Å². The van der Waals surface area contributed by atoms with Crippen LogP contribution in [0.1, 0.15) is 5.56 Å². The molecule has 0 aliphatic heterocycles. The predicted molar refractivity (Wildman–Crippen MR) is 98.9 cm³/mol. The lowest BCUT2D eigenvalue weighted by Gasteiger charge is -2.08. The number of benzene rings is 2. The minimum atomic E-state index is -0.488. The van der Waals surface area contributed by atoms with Crippen LogP contribution in [0, 0.1) is 10.1 Å². The van der Waals surface area contributed by atoms with Crippen molar-refractivity contribution in [1.82, 2.24) is 15.1 Å². The number of nitrogens with zero attached hydrogens (tertiary/aromatic N) is 3. The summed E-state index contributed by atoms with van der Waals surface area (Å²) in [5, 5.41) is 17.5. The van der Waals surface area contributed by atoms with E-state index >= 15 is 0 Å². The minimum absolute atomic E-state index is 0.0228. The van der Waals surface area contributed by atoms with Gasteiger partial charge < -0.3 is 10.1 Å². The Bertz CT molecular complexity index is 890. The molecule has 0 spiro atoms. The van der Waals surface area contributed by atoms with Gasteiger partial charge in [-0.3, -0.25) is 14.9 Å². The van der Waals surface area contributed by atoms with Gasteiger partial charge in [-0.1, -0.05) is 12.1 Å². The topological polar surface area (TPSA) is 99.3 Å². The zero-order chi connectivity index (χ0) is 19.1. The maximum absolute atomic E-state index is 11.8. The van der Waals surface area contributed by atoms with Crippen LogP contribution < -0.4 is 10.1 Å². The number of non-ortho nitro benzene ring substituents is 1. The number of aromatic nitrogens is 2. The fraction of sp³-hybridized carbons (Fsp3) is 0.158. The van der Waals surface area contributed by atoms with Crippen LogP contribution in [0.15, 0.2) is 67.0 Å². The van der Waals surface area contributed by atoms with Crippen molar-refractivity contribution in [2.24, 2.45) is 0 Å². The maximum atomic E-state index is 11.8. The van der Waals surface area contributed by atoms with Crippen molar-refractivity contribution in [2.75, 3.05) is 13.2 Å². The van der Waals surface area contributed by atoms with Crippen molar-refractivity contribution in [3.05, 3.63) is 82.7 Å². The molecule has 8 heteroatoms. The molecule has 0 saturated carbocycles. The van der Waals surface area contributed by atoms with Gasteiger partial charge in [-0.25, -0.2) is 4.68 Å². The molecule has 0 aliphatic carbocycles. The highest BCUT2D eigenvalue weighted by molar-refractivity contribution is 5.77. The first-order chi connectivity index (χ1) is 13.1. The summed E-state index contributed by atoms with van der Waals surface area (Å²) in [6.07, 6.45) is 4.30. The molecule has 0 bridgehead atoms. The van der Waals surface area contributed by atoms with E-state index in [0.29, 0.717) is 18.7 Å². The molecule has 0 aliphatic rings. The Hall–Kier alpha value is -3.68. The lowest BCUT2D eigenvalue weighted by atomic mass is 10.1. The second kappa shape index (κ2) is 8.61. The summed E-state index contributed by atoms with van der Waals surface area (Å²) in [5.41, 5.74) is 2.05. The molecule has 2 aromatic carbocycles. The molecule has 0 radical (unpaired) electrons. The van der Waals surface area contributed by atoms with E-state index in [1.807, 2.05) is 36.5 Å². The number of amides is 1. The van der Waals surface area contributed by atoms with Crippen molar-refractivity contribution in [3.8, 4) is 11.4 Å². The van der Waals surface area contributed by atoms with Crippen LogP contribution in [0.3, 0.4) is 0 Å². The van der Waals surface area contributed by atoms with Gasteiger partial charge >= 0.3 is 0 Å². The standard InChI is InChI=1S/C19H18N4O4/c24-19(14-27-18-8-6-17(7-9-18)23(25)26)20-12-10-15-2-4-16(5-3-15)22-13-1-11-21-22/h1-9,11,13H,10,12,14H2,(H,20,24). The first-order valence-corrected chi connectivity index (χ1v) is 8.35. The number of nitrogens with one attached hydrogen (secondary N) is 1. The SMILES string of the molecule is O=C(COc1ccc([N+](=O)[O-])cc1)NCCc1ccc(-n2cccn2)cc1. The summed E-state index contributed by atoms with van der Waals surface area (Å²) in [7, 11) is 0. The maximum Gasteiger partial charge on any atom is 0.269 e. The summed E-state index contributed by atoms with van der Waals surface area (Å²) in [5.74, 6) is 0.159. The van der Waals surface area contributed by atoms with E-state index < -0.39 is 4.92 Å². The molecule has 1 N–H and O–H groups in total. The van der Waals surface area contributed by atoms with E-state index in [0.717, 1.165) is 11.3 Å². The van der Waals surface area contributed by atoms with Gasteiger partial charge in [0, 0.05) is 31.1 Å². The molecule has 1 amide bonds. The summed E-state index contributed by atoms with van der Waals surface area (Å²) >= 11 is 0. The van der Waals surface area contributed by atoms with Crippen LogP contribution >= 0.6 is 0 Å². The number of carbonyl (C=O) groups excluding carboxylic acids is 1. The van der Waals surface area contributed by atoms with Crippen molar-refractivity contribution in [1.29, 1.82) is 0 Å². The van der Waals surface area contributed by atoms with Crippen LogP contribution in [0.4, 0.5) is 5.69 Å². The second-order valence-electron chi connectivity index (χ2n) is 5.76. The Morgan fingerprint density at radius 2 is 1.89 bits per heavy atom. The first-order valence-electron chi connectivity index (χ1n) is 8.35. The fourth-order valence-electron chi connectivity index (χ4n) is 2.45. The van der Waals surface area contributed by atoms with Crippen LogP contribution in [-0.2, 0) is 11.2 Å². The van der Waals surface area contributed by atoms with E-state index in [1.54, 1.807) is 10.9 Å². The van der Waals surface area contributed by atoms with Crippen molar-refractivity contribution in [3.63, 3.8) is 0 Å². The Balaban J connectivity index is 1.39. The zero-order valence-electron chi connectivity index (χ0n) is 14.4. The molecule has 0 unspecified atom stereocenters. The summed E-state index contributed by atoms with van der Waals surface area (Å²) in [6.45, 7) is 0.347. The summed E-state index contributed by atoms with van der Waals surface area (Å²) in [6, 6.07) is 15.4. The molecular formula is C19H18N4O4. The highest BCUT2D eigenvalue weighted by Gasteiger charge is 2.06. The normalized spacial score (nSPS) is 10.4. The Kier molecular flexibility index (Phi) is 5.78. The van der Waals surface area contributed by atoms with Crippen LogP contribution in [0.25, 0.3) is 5.69 Å². The number of hydrogen-bond donors (Lipinski definition) is 1. The third kappa shape index (κ3) is 5.15.